The van der Waals surface area contributed by atoms with Crippen molar-refractivity contribution in [1.29, 1.82) is 0 Å². The first-order valence-electron chi connectivity index (χ1n) is 5.91. The smallest absolute Gasteiger partial charge is 0.123 e. The van der Waals surface area contributed by atoms with Gasteiger partial charge in [0.1, 0.15) is 11.6 Å². The molecule has 1 aromatic carbocycles. The number of nitrogens with zero attached hydrogens (tertiary/aromatic N) is 2. The van der Waals surface area contributed by atoms with Crippen LogP contribution in [0.4, 0.5) is 15.9 Å². The largest absolute Gasteiger partial charge is 0.384 e. The zero-order valence-corrected chi connectivity index (χ0v) is 10.3. The quantitative estimate of drug-likeness (QED) is 0.900. The second kappa shape index (κ2) is 5.49. The molecule has 0 radical (unpaired) electrons. The van der Waals surface area contributed by atoms with Crippen molar-refractivity contribution < 1.29 is 4.39 Å². The van der Waals surface area contributed by atoms with Crippen LogP contribution in [-0.2, 0) is 6.54 Å². The lowest BCUT2D eigenvalue weighted by Crippen LogP contribution is -2.22. The Morgan fingerprint density at radius 2 is 1.89 bits per heavy atom. The molecule has 2 N–H and O–H groups in total. The van der Waals surface area contributed by atoms with Crippen LogP contribution in [0.25, 0.3) is 0 Å². The summed E-state index contributed by atoms with van der Waals surface area (Å²) in [4.78, 5) is 6.38. The van der Waals surface area contributed by atoms with E-state index >= 15 is 0 Å². The van der Waals surface area contributed by atoms with E-state index in [1.807, 2.05) is 12.1 Å². The molecule has 0 saturated carbocycles. The molecule has 0 amide bonds. The van der Waals surface area contributed by atoms with Gasteiger partial charge in [-0.15, -0.1) is 0 Å². The van der Waals surface area contributed by atoms with Gasteiger partial charge in [-0.25, -0.2) is 9.37 Å². The van der Waals surface area contributed by atoms with Crippen molar-refractivity contribution in [1.82, 2.24) is 4.98 Å². The number of hydrogen-bond donors (Lipinski definition) is 1. The molecule has 18 heavy (non-hydrogen) atoms. The fourth-order valence-corrected chi connectivity index (χ4v) is 1.82. The van der Waals surface area contributed by atoms with Crippen molar-refractivity contribution in [2.75, 3.05) is 17.2 Å². The number of benzene rings is 1. The summed E-state index contributed by atoms with van der Waals surface area (Å²) in [6.45, 7) is 3.53. The Morgan fingerprint density at radius 1 is 1.17 bits per heavy atom. The van der Waals surface area contributed by atoms with Gasteiger partial charge in [0.05, 0.1) is 12.2 Å². The first-order valence-corrected chi connectivity index (χ1v) is 5.91. The Bertz CT molecular complexity index is 511. The van der Waals surface area contributed by atoms with E-state index in [1.165, 1.54) is 12.1 Å². The fourth-order valence-electron chi connectivity index (χ4n) is 1.82. The van der Waals surface area contributed by atoms with E-state index < -0.39 is 0 Å². The van der Waals surface area contributed by atoms with Crippen molar-refractivity contribution in [2.45, 2.75) is 13.5 Å². The summed E-state index contributed by atoms with van der Waals surface area (Å²) in [5.41, 5.74) is 7.53. The maximum Gasteiger partial charge on any atom is 0.123 e. The summed E-state index contributed by atoms with van der Waals surface area (Å²) in [7, 11) is 0. The zero-order valence-electron chi connectivity index (χ0n) is 10.3. The van der Waals surface area contributed by atoms with Gasteiger partial charge in [-0.3, -0.25) is 0 Å². The zero-order chi connectivity index (χ0) is 13.0. The molecular weight excluding hydrogens is 229 g/mol. The van der Waals surface area contributed by atoms with Crippen LogP contribution >= 0.6 is 0 Å². The number of pyridine rings is 1. The van der Waals surface area contributed by atoms with Crippen molar-refractivity contribution >= 4 is 11.5 Å². The Morgan fingerprint density at radius 3 is 2.50 bits per heavy atom. The number of hydrogen-bond acceptors (Lipinski definition) is 3. The molecule has 0 saturated heterocycles. The van der Waals surface area contributed by atoms with Crippen molar-refractivity contribution in [3.8, 4) is 0 Å². The third kappa shape index (κ3) is 2.97. The van der Waals surface area contributed by atoms with Gasteiger partial charge in [-0.2, -0.15) is 0 Å². The van der Waals surface area contributed by atoms with E-state index in [2.05, 4.69) is 16.8 Å². The Labute approximate surface area is 106 Å². The number of rotatable bonds is 4. The van der Waals surface area contributed by atoms with Gasteiger partial charge in [-0.1, -0.05) is 6.07 Å². The van der Waals surface area contributed by atoms with E-state index in [4.69, 9.17) is 5.73 Å². The number of anilines is 2. The van der Waals surface area contributed by atoms with Crippen LogP contribution in [0.3, 0.4) is 0 Å². The van der Waals surface area contributed by atoms with E-state index in [-0.39, 0.29) is 5.82 Å². The second-order valence-electron chi connectivity index (χ2n) is 4.04. The molecule has 3 nitrogen and oxygen atoms in total. The van der Waals surface area contributed by atoms with E-state index in [0.717, 1.165) is 17.9 Å². The predicted molar refractivity (Wildman–Crippen MR) is 71.8 cm³/mol. The highest BCUT2D eigenvalue weighted by atomic mass is 19.1. The predicted octanol–water partition coefficient (Wildman–Crippen LogP) is 2.83. The molecule has 0 spiro atoms. The minimum atomic E-state index is -0.225. The average Bonchev–Trinajstić information content (AvgIpc) is 2.37. The average molecular weight is 245 g/mol. The van der Waals surface area contributed by atoms with E-state index in [0.29, 0.717) is 12.4 Å². The van der Waals surface area contributed by atoms with Crippen LogP contribution in [0.5, 0.6) is 0 Å². The molecule has 0 aliphatic rings. The summed E-state index contributed by atoms with van der Waals surface area (Å²) in [6, 6.07) is 12.0. The molecule has 0 unspecified atom stereocenters. The van der Waals surface area contributed by atoms with Gasteiger partial charge in [0.2, 0.25) is 0 Å². The van der Waals surface area contributed by atoms with Crippen molar-refractivity contribution in [2.24, 2.45) is 0 Å². The summed E-state index contributed by atoms with van der Waals surface area (Å²) < 4.78 is 12.9. The molecule has 0 aliphatic carbocycles. The van der Waals surface area contributed by atoms with Gasteiger partial charge in [0, 0.05) is 12.2 Å². The number of nitrogen functional groups attached to an aromatic ring is 1. The Balaban J connectivity index is 2.17. The topological polar surface area (TPSA) is 42.1 Å². The molecule has 2 rings (SSSR count). The van der Waals surface area contributed by atoms with Crippen LogP contribution in [0, 0.1) is 5.82 Å². The second-order valence-corrected chi connectivity index (χ2v) is 4.04. The van der Waals surface area contributed by atoms with Crippen LogP contribution in [0.2, 0.25) is 0 Å². The first-order chi connectivity index (χ1) is 8.69. The first kappa shape index (κ1) is 12.4. The lowest BCUT2D eigenvalue weighted by atomic mass is 10.2. The van der Waals surface area contributed by atoms with Gasteiger partial charge in [0.25, 0.3) is 0 Å². The molecule has 1 aromatic heterocycles. The molecule has 2 aromatic rings. The normalized spacial score (nSPS) is 10.3. The molecular formula is C14H16FN3. The van der Waals surface area contributed by atoms with Crippen molar-refractivity contribution in [3.63, 3.8) is 0 Å². The number of halogens is 1. The van der Waals surface area contributed by atoms with Gasteiger partial charge in [0.15, 0.2) is 0 Å². The van der Waals surface area contributed by atoms with Crippen LogP contribution in [0.15, 0.2) is 42.5 Å². The summed E-state index contributed by atoms with van der Waals surface area (Å²) in [5.74, 6) is 0.291. The molecule has 4 heteroatoms. The maximum atomic E-state index is 12.9. The SMILES string of the molecule is CCN(Cc1cccc(N)n1)c1ccc(F)cc1. The standard InChI is InChI=1S/C14H16FN3/c1-2-18(13-8-6-11(15)7-9-13)10-12-4-3-5-14(16)17-12/h3-9H,2,10H2,1H3,(H2,16,17). The Hall–Kier alpha value is -2.10. The molecule has 0 bridgehead atoms. The minimum Gasteiger partial charge on any atom is -0.384 e. The summed E-state index contributed by atoms with van der Waals surface area (Å²) in [6.07, 6.45) is 0. The third-order valence-corrected chi connectivity index (χ3v) is 2.75. The molecule has 1 heterocycles. The molecule has 0 aliphatic heterocycles. The van der Waals surface area contributed by atoms with Crippen LogP contribution < -0.4 is 10.6 Å². The van der Waals surface area contributed by atoms with Crippen LogP contribution in [-0.4, -0.2) is 11.5 Å². The lowest BCUT2D eigenvalue weighted by molar-refractivity contribution is 0.627. The maximum absolute atomic E-state index is 12.9. The van der Waals surface area contributed by atoms with Gasteiger partial charge < -0.3 is 10.6 Å². The monoisotopic (exact) mass is 245 g/mol. The number of nitrogens with two attached hydrogens (primary N) is 1. The van der Waals surface area contributed by atoms with E-state index in [1.54, 1.807) is 18.2 Å². The lowest BCUT2D eigenvalue weighted by Gasteiger charge is -2.22. The Kier molecular flexibility index (Phi) is 3.77. The summed E-state index contributed by atoms with van der Waals surface area (Å²) in [5, 5.41) is 0. The third-order valence-electron chi connectivity index (χ3n) is 2.75. The van der Waals surface area contributed by atoms with Crippen LogP contribution in [0.1, 0.15) is 12.6 Å². The number of aromatic nitrogens is 1. The van der Waals surface area contributed by atoms with Gasteiger partial charge in [-0.05, 0) is 43.3 Å². The molecule has 94 valence electrons. The van der Waals surface area contributed by atoms with Gasteiger partial charge >= 0.3 is 0 Å². The molecule has 0 atom stereocenters. The fraction of sp³-hybridized carbons (Fsp3) is 0.214. The highest BCUT2D eigenvalue weighted by molar-refractivity contribution is 5.46. The molecule has 0 fully saturated rings. The summed E-state index contributed by atoms with van der Waals surface area (Å²) >= 11 is 0. The van der Waals surface area contributed by atoms with Crippen molar-refractivity contribution in [3.05, 3.63) is 54.0 Å². The highest BCUT2D eigenvalue weighted by Crippen LogP contribution is 2.17. The highest BCUT2D eigenvalue weighted by Gasteiger charge is 2.06. The van der Waals surface area contributed by atoms with E-state index in [9.17, 15) is 4.39 Å². The minimum absolute atomic E-state index is 0.225.